The predicted molar refractivity (Wildman–Crippen MR) is 87.9 cm³/mol. The second-order valence-corrected chi connectivity index (χ2v) is 5.14. The SMILES string of the molecule is CCOc1ccc(OCC(=O)Nc2ccc(Cl)cc2C)cc1. The molecule has 22 heavy (non-hydrogen) atoms. The number of carbonyl (C=O) groups excluding carboxylic acids is 1. The maximum absolute atomic E-state index is 11.9. The normalized spacial score (nSPS) is 10.1. The van der Waals surface area contributed by atoms with Gasteiger partial charge in [0.1, 0.15) is 11.5 Å². The molecule has 0 fully saturated rings. The van der Waals surface area contributed by atoms with Gasteiger partial charge in [0.15, 0.2) is 6.61 Å². The lowest BCUT2D eigenvalue weighted by molar-refractivity contribution is -0.118. The summed E-state index contributed by atoms with van der Waals surface area (Å²) in [5.41, 5.74) is 1.63. The van der Waals surface area contributed by atoms with Gasteiger partial charge in [-0.1, -0.05) is 11.6 Å². The second kappa shape index (κ2) is 7.71. The third kappa shape index (κ3) is 4.67. The number of ether oxygens (including phenoxy) is 2. The number of nitrogens with one attached hydrogen (secondary N) is 1. The average molecular weight is 320 g/mol. The van der Waals surface area contributed by atoms with Crippen LogP contribution >= 0.6 is 11.6 Å². The molecule has 0 aliphatic rings. The van der Waals surface area contributed by atoms with Crippen LogP contribution in [-0.2, 0) is 4.79 Å². The summed E-state index contributed by atoms with van der Waals surface area (Å²) in [5.74, 6) is 1.17. The molecular formula is C17H18ClNO3. The van der Waals surface area contributed by atoms with Crippen LogP contribution in [0.15, 0.2) is 42.5 Å². The smallest absolute Gasteiger partial charge is 0.262 e. The molecule has 0 bridgehead atoms. The van der Waals surface area contributed by atoms with Crippen molar-refractivity contribution < 1.29 is 14.3 Å². The molecule has 0 saturated carbocycles. The second-order valence-electron chi connectivity index (χ2n) is 4.70. The molecule has 4 nitrogen and oxygen atoms in total. The van der Waals surface area contributed by atoms with Crippen molar-refractivity contribution in [3.05, 3.63) is 53.1 Å². The van der Waals surface area contributed by atoms with Gasteiger partial charge >= 0.3 is 0 Å². The molecule has 0 saturated heterocycles. The molecule has 0 heterocycles. The van der Waals surface area contributed by atoms with Gasteiger partial charge in [0, 0.05) is 10.7 Å². The molecule has 1 amide bonds. The molecule has 0 atom stereocenters. The lowest BCUT2D eigenvalue weighted by atomic mass is 10.2. The predicted octanol–water partition coefficient (Wildman–Crippen LogP) is 4.06. The Morgan fingerprint density at radius 1 is 1.09 bits per heavy atom. The third-order valence-electron chi connectivity index (χ3n) is 2.97. The fraction of sp³-hybridized carbons (Fsp3) is 0.235. The summed E-state index contributed by atoms with van der Waals surface area (Å²) >= 11 is 5.88. The fourth-order valence-electron chi connectivity index (χ4n) is 1.90. The van der Waals surface area contributed by atoms with E-state index in [2.05, 4.69) is 5.32 Å². The first-order valence-electron chi connectivity index (χ1n) is 7.00. The van der Waals surface area contributed by atoms with Gasteiger partial charge in [0.2, 0.25) is 0 Å². The van der Waals surface area contributed by atoms with E-state index in [-0.39, 0.29) is 12.5 Å². The first-order chi connectivity index (χ1) is 10.6. The van der Waals surface area contributed by atoms with Crippen molar-refractivity contribution in [2.75, 3.05) is 18.5 Å². The molecule has 2 rings (SSSR count). The zero-order valence-electron chi connectivity index (χ0n) is 12.6. The van der Waals surface area contributed by atoms with Crippen LogP contribution in [0.4, 0.5) is 5.69 Å². The summed E-state index contributed by atoms with van der Waals surface area (Å²) in [7, 11) is 0. The Bertz CT molecular complexity index is 641. The minimum atomic E-state index is -0.223. The highest BCUT2D eigenvalue weighted by Gasteiger charge is 2.06. The van der Waals surface area contributed by atoms with Crippen LogP contribution in [0.2, 0.25) is 5.02 Å². The van der Waals surface area contributed by atoms with Crippen molar-refractivity contribution in [3.8, 4) is 11.5 Å². The lowest BCUT2D eigenvalue weighted by Gasteiger charge is -2.10. The maximum atomic E-state index is 11.9. The molecule has 1 N–H and O–H groups in total. The van der Waals surface area contributed by atoms with Gasteiger partial charge in [0.05, 0.1) is 6.61 Å². The number of benzene rings is 2. The van der Waals surface area contributed by atoms with E-state index in [1.807, 2.05) is 13.8 Å². The van der Waals surface area contributed by atoms with E-state index < -0.39 is 0 Å². The van der Waals surface area contributed by atoms with E-state index in [1.54, 1.807) is 42.5 Å². The Morgan fingerprint density at radius 2 is 1.73 bits per heavy atom. The van der Waals surface area contributed by atoms with Crippen molar-refractivity contribution in [2.24, 2.45) is 0 Å². The number of amides is 1. The topological polar surface area (TPSA) is 47.6 Å². The summed E-state index contributed by atoms with van der Waals surface area (Å²) in [6.45, 7) is 4.36. The number of rotatable bonds is 6. The van der Waals surface area contributed by atoms with E-state index in [0.29, 0.717) is 17.4 Å². The minimum absolute atomic E-state index is 0.0595. The minimum Gasteiger partial charge on any atom is -0.494 e. The van der Waals surface area contributed by atoms with E-state index in [0.717, 1.165) is 17.0 Å². The number of aryl methyl sites for hydroxylation is 1. The number of carbonyl (C=O) groups is 1. The largest absolute Gasteiger partial charge is 0.494 e. The number of anilines is 1. The maximum Gasteiger partial charge on any atom is 0.262 e. The number of halogens is 1. The monoisotopic (exact) mass is 319 g/mol. The molecule has 0 aromatic heterocycles. The molecule has 2 aromatic carbocycles. The molecular weight excluding hydrogens is 302 g/mol. The van der Waals surface area contributed by atoms with Crippen LogP contribution in [0.5, 0.6) is 11.5 Å². The highest BCUT2D eigenvalue weighted by molar-refractivity contribution is 6.30. The third-order valence-corrected chi connectivity index (χ3v) is 3.20. The van der Waals surface area contributed by atoms with E-state index in [9.17, 15) is 4.79 Å². The Hall–Kier alpha value is -2.20. The molecule has 5 heteroatoms. The van der Waals surface area contributed by atoms with Gasteiger partial charge < -0.3 is 14.8 Å². The number of hydrogen-bond acceptors (Lipinski definition) is 3. The summed E-state index contributed by atoms with van der Waals surface area (Å²) in [6.07, 6.45) is 0. The van der Waals surface area contributed by atoms with E-state index in [1.165, 1.54) is 0 Å². The van der Waals surface area contributed by atoms with Crippen molar-refractivity contribution in [1.82, 2.24) is 0 Å². The van der Waals surface area contributed by atoms with Crippen LogP contribution in [-0.4, -0.2) is 19.1 Å². The van der Waals surface area contributed by atoms with Gasteiger partial charge in [-0.2, -0.15) is 0 Å². The molecule has 0 aliphatic carbocycles. The Labute approximate surface area is 135 Å². The van der Waals surface area contributed by atoms with Crippen molar-refractivity contribution >= 4 is 23.2 Å². The molecule has 0 unspecified atom stereocenters. The molecule has 0 radical (unpaired) electrons. The quantitative estimate of drug-likeness (QED) is 0.873. The van der Waals surface area contributed by atoms with Crippen molar-refractivity contribution in [2.45, 2.75) is 13.8 Å². The van der Waals surface area contributed by atoms with Crippen molar-refractivity contribution in [1.29, 1.82) is 0 Å². The molecule has 116 valence electrons. The summed E-state index contributed by atoms with van der Waals surface area (Å²) in [4.78, 5) is 11.9. The Balaban J connectivity index is 1.87. The van der Waals surface area contributed by atoms with Crippen LogP contribution in [0.1, 0.15) is 12.5 Å². The van der Waals surface area contributed by atoms with Gasteiger partial charge in [-0.05, 0) is 61.9 Å². The van der Waals surface area contributed by atoms with Gasteiger partial charge in [-0.25, -0.2) is 0 Å². The summed E-state index contributed by atoms with van der Waals surface area (Å²) in [6, 6.07) is 12.5. The molecule has 0 aliphatic heterocycles. The standard InChI is InChI=1S/C17H18ClNO3/c1-3-21-14-5-7-15(8-6-14)22-11-17(20)19-16-9-4-13(18)10-12(16)2/h4-10H,3,11H2,1-2H3,(H,19,20). The molecule has 0 spiro atoms. The first kappa shape index (κ1) is 16.2. The molecule has 2 aromatic rings. The van der Waals surface area contributed by atoms with Crippen LogP contribution in [0.25, 0.3) is 0 Å². The fourth-order valence-corrected chi connectivity index (χ4v) is 2.13. The highest BCUT2D eigenvalue weighted by Crippen LogP contribution is 2.20. The van der Waals surface area contributed by atoms with Gasteiger partial charge in [0.25, 0.3) is 5.91 Å². The highest BCUT2D eigenvalue weighted by atomic mass is 35.5. The van der Waals surface area contributed by atoms with E-state index in [4.69, 9.17) is 21.1 Å². The first-order valence-corrected chi connectivity index (χ1v) is 7.38. The Kier molecular flexibility index (Phi) is 5.67. The van der Waals surface area contributed by atoms with Crippen molar-refractivity contribution in [3.63, 3.8) is 0 Å². The van der Waals surface area contributed by atoms with Crippen LogP contribution in [0.3, 0.4) is 0 Å². The van der Waals surface area contributed by atoms with Crippen LogP contribution < -0.4 is 14.8 Å². The summed E-state index contributed by atoms with van der Waals surface area (Å²) < 4.78 is 10.8. The van der Waals surface area contributed by atoms with E-state index >= 15 is 0 Å². The lowest BCUT2D eigenvalue weighted by Crippen LogP contribution is -2.20. The number of hydrogen-bond donors (Lipinski definition) is 1. The Morgan fingerprint density at radius 3 is 2.32 bits per heavy atom. The van der Waals surface area contributed by atoms with Crippen LogP contribution in [0, 0.1) is 6.92 Å². The zero-order chi connectivity index (χ0) is 15.9. The van der Waals surface area contributed by atoms with Gasteiger partial charge in [-0.15, -0.1) is 0 Å². The average Bonchev–Trinajstić information content (AvgIpc) is 2.50. The zero-order valence-corrected chi connectivity index (χ0v) is 13.3. The summed E-state index contributed by atoms with van der Waals surface area (Å²) in [5, 5.41) is 3.43. The van der Waals surface area contributed by atoms with Gasteiger partial charge in [-0.3, -0.25) is 4.79 Å².